The lowest BCUT2D eigenvalue weighted by atomic mass is 9.80. The summed E-state index contributed by atoms with van der Waals surface area (Å²) in [5.74, 6) is -3.31. The molecule has 1 saturated heterocycles. The number of amides is 3. The highest BCUT2D eigenvalue weighted by molar-refractivity contribution is 6.11. The summed E-state index contributed by atoms with van der Waals surface area (Å²) in [5, 5.41) is 2.53. The summed E-state index contributed by atoms with van der Waals surface area (Å²) in [4.78, 5) is 42.4. The molecule has 7 nitrogen and oxygen atoms in total. The smallest absolute Gasteiger partial charge is 0.325 e. The van der Waals surface area contributed by atoms with Gasteiger partial charge in [-0.05, 0) is 54.8 Å². The summed E-state index contributed by atoms with van der Waals surface area (Å²) in [6.07, 6.45) is 2.11. The fourth-order valence-corrected chi connectivity index (χ4v) is 3.82. The quantitative estimate of drug-likeness (QED) is 0.562. The van der Waals surface area contributed by atoms with Crippen molar-refractivity contribution in [1.29, 1.82) is 0 Å². The van der Waals surface area contributed by atoms with Crippen LogP contribution in [0.2, 0.25) is 0 Å². The molecular formula is C22H21F2N3O4. The molecule has 162 valence electrons. The molecule has 1 N–H and O–H groups in total. The minimum Gasteiger partial charge on any atom is -0.489 e. The van der Waals surface area contributed by atoms with Crippen LogP contribution >= 0.6 is 0 Å². The van der Waals surface area contributed by atoms with Crippen LogP contribution in [-0.2, 0) is 11.4 Å². The predicted octanol–water partition coefficient (Wildman–Crippen LogP) is 3.34. The molecule has 0 radical (unpaired) electrons. The number of hydrogen-bond acceptors (Lipinski definition) is 5. The van der Waals surface area contributed by atoms with Crippen LogP contribution in [0.3, 0.4) is 0 Å². The molecule has 9 heteroatoms. The van der Waals surface area contributed by atoms with Gasteiger partial charge in [0.2, 0.25) is 5.92 Å². The number of benzene rings is 1. The molecule has 2 fully saturated rings. The Balaban J connectivity index is 1.37. The second kappa shape index (κ2) is 8.05. The summed E-state index contributed by atoms with van der Waals surface area (Å²) >= 11 is 0. The highest BCUT2D eigenvalue weighted by atomic mass is 19.3. The van der Waals surface area contributed by atoms with Crippen molar-refractivity contribution in [3.63, 3.8) is 0 Å². The van der Waals surface area contributed by atoms with Crippen LogP contribution in [0.4, 0.5) is 13.6 Å². The van der Waals surface area contributed by atoms with Crippen molar-refractivity contribution >= 4 is 17.7 Å². The van der Waals surface area contributed by atoms with Crippen molar-refractivity contribution in [3.8, 4) is 5.75 Å². The van der Waals surface area contributed by atoms with Crippen molar-refractivity contribution < 1.29 is 27.9 Å². The number of nitrogens with one attached hydrogen (secondary N) is 1. The maximum atomic E-state index is 13.5. The van der Waals surface area contributed by atoms with Crippen LogP contribution in [0.25, 0.3) is 0 Å². The molecule has 2 aromatic rings. The lowest BCUT2D eigenvalue weighted by molar-refractivity contribution is -0.135. The second-order valence-electron chi connectivity index (χ2n) is 7.85. The van der Waals surface area contributed by atoms with Gasteiger partial charge >= 0.3 is 6.03 Å². The first-order valence-corrected chi connectivity index (χ1v) is 9.95. The summed E-state index contributed by atoms with van der Waals surface area (Å²) in [7, 11) is 0. The number of halogens is 2. The first-order valence-electron chi connectivity index (χ1n) is 9.95. The van der Waals surface area contributed by atoms with Crippen LogP contribution in [0.15, 0.2) is 48.8 Å². The average molecular weight is 429 g/mol. The van der Waals surface area contributed by atoms with Crippen molar-refractivity contribution in [2.75, 3.05) is 6.54 Å². The topological polar surface area (TPSA) is 88.6 Å². The van der Waals surface area contributed by atoms with Crippen molar-refractivity contribution in [2.45, 2.75) is 43.8 Å². The van der Waals surface area contributed by atoms with Gasteiger partial charge in [-0.3, -0.25) is 19.5 Å². The number of nitrogens with zero attached hydrogens (tertiary/aromatic N) is 2. The van der Waals surface area contributed by atoms with E-state index in [-0.39, 0.29) is 12.8 Å². The fraction of sp³-hybridized carbons (Fsp3) is 0.364. The molecule has 3 amide bonds. The normalized spacial score (nSPS) is 19.4. The summed E-state index contributed by atoms with van der Waals surface area (Å²) in [5.41, 5.74) is -0.0694. The molecule has 1 spiro atoms. The van der Waals surface area contributed by atoms with Gasteiger partial charge in [0.25, 0.3) is 5.91 Å². The van der Waals surface area contributed by atoms with E-state index in [9.17, 15) is 23.2 Å². The largest absolute Gasteiger partial charge is 0.489 e. The number of carbonyl (C=O) groups is 3. The summed E-state index contributed by atoms with van der Waals surface area (Å²) < 4.78 is 32.6. The minimum absolute atomic E-state index is 0.140. The maximum Gasteiger partial charge on any atom is 0.325 e. The van der Waals surface area contributed by atoms with Crippen LogP contribution in [0.1, 0.15) is 41.6 Å². The van der Waals surface area contributed by atoms with Gasteiger partial charge in [0, 0.05) is 30.8 Å². The van der Waals surface area contributed by atoms with Gasteiger partial charge in [-0.2, -0.15) is 0 Å². The summed E-state index contributed by atoms with van der Waals surface area (Å²) in [6.45, 7) is -0.0978. The van der Waals surface area contributed by atoms with Crippen LogP contribution < -0.4 is 10.1 Å². The molecule has 1 aliphatic heterocycles. The van der Waals surface area contributed by atoms with E-state index in [0.717, 1.165) is 10.5 Å². The molecule has 1 aromatic heterocycles. The standard InChI is InChI=1S/C22H21F2N3O4/c23-22(24)9-7-21(8-10-22)19(29)27(20(30)26-21)13-18(28)16-1-3-17(4-2-16)31-14-15-5-11-25-12-6-15/h1-6,11-12H,7-10,13-14H2,(H,26,30). The Bertz CT molecular complexity index is 986. The third kappa shape index (κ3) is 4.40. The second-order valence-corrected chi connectivity index (χ2v) is 7.85. The molecule has 1 saturated carbocycles. The highest BCUT2D eigenvalue weighted by Crippen LogP contribution is 2.41. The third-order valence-electron chi connectivity index (χ3n) is 5.71. The van der Waals surface area contributed by atoms with Gasteiger partial charge in [-0.1, -0.05) is 0 Å². The number of Topliss-reactive ketones (excluding diaryl/α,β-unsaturated/α-hetero) is 1. The number of imide groups is 1. The van der Waals surface area contributed by atoms with Crippen molar-refractivity contribution in [2.24, 2.45) is 0 Å². The van der Waals surface area contributed by atoms with E-state index >= 15 is 0 Å². The molecule has 2 heterocycles. The average Bonchev–Trinajstić information content (AvgIpc) is 3.00. The number of ketones is 1. The van der Waals surface area contributed by atoms with E-state index in [0.29, 0.717) is 17.9 Å². The van der Waals surface area contributed by atoms with E-state index in [1.54, 1.807) is 36.7 Å². The predicted molar refractivity (Wildman–Crippen MR) is 106 cm³/mol. The Hall–Kier alpha value is -3.36. The fourth-order valence-electron chi connectivity index (χ4n) is 3.82. The van der Waals surface area contributed by atoms with Gasteiger partial charge in [0.05, 0.1) is 6.54 Å². The Morgan fingerprint density at radius 3 is 2.32 bits per heavy atom. The lowest BCUT2D eigenvalue weighted by Gasteiger charge is -2.34. The minimum atomic E-state index is -2.83. The maximum absolute atomic E-state index is 13.5. The lowest BCUT2D eigenvalue weighted by Crippen LogP contribution is -2.51. The Labute approximate surface area is 177 Å². The molecule has 2 aliphatic rings. The van der Waals surface area contributed by atoms with Crippen molar-refractivity contribution in [1.82, 2.24) is 15.2 Å². The van der Waals surface area contributed by atoms with E-state index in [2.05, 4.69) is 10.3 Å². The van der Waals surface area contributed by atoms with E-state index in [1.807, 2.05) is 12.1 Å². The Morgan fingerprint density at radius 1 is 1.03 bits per heavy atom. The molecular weight excluding hydrogens is 408 g/mol. The monoisotopic (exact) mass is 429 g/mol. The van der Waals surface area contributed by atoms with Crippen LogP contribution in [0, 0.1) is 0 Å². The third-order valence-corrected chi connectivity index (χ3v) is 5.71. The zero-order valence-electron chi connectivity index (χ0n) is 16.6. The first kappa shape index (κ1) is 20.9. The first-order chi connectivity index (χ1) is 14.8. The van der Waals surface area contributed by atoms with Crippen molar-refractivity contribution in [3.05, 3.63) is 59.9 Å². The van der Waals surface area contributed by atoms with Gasteiger partial charge in [-0.15, -0.1) is 0 Å². The number of ether oxygens (including phenoxy) is 1. The number of pyridine rings is 1. The number of aromatic nitrogens is 1. The number of urea groups is 1. The van der Waals surface area contributed by atoms with Gasteiger partial charge < -0.3 is 10.1 Å². The highest BCUT2D eigenvalue weighted by Gasteiger charge is 2.55. The summed E-state index contributed by atoms with van der Waals surface area (Å²) in [6, 6.07) is 9.31. The molecule has 0 atom stereocenters. The molecule has 1 aliphatic carbocycles. The van der Waals surface area contributed by atoms with E-state index in [1.165, 1.54) is 0 Å². The number of rotatable bonds is 6. The zero-order chi connectivity index (χ0) is 22.1. The molecule has 31 heavy (non-hydrogen) atoms. The number of hydrogen-bond donors (Lipinski definition) is 1. The molecule has 0 unspecified atom stereocenters. The number of alkyl halides is 2. The van der Waals surface area contributed by atoms with Gasteiger partial charge in [0.1, 0.15) is 17.9 Å². The number of carbonyl (C=O) groups excluding carboxylic acids is 3. The van der Waals surface area contributed by atoms with Gasteiger partial charge in [0.15, 0.2) is 5.78 Å². The molecule has 1 aromatic carbocycles. The van der Waals surface area contributed by atoms with E-state index < -0.39 is 48.6 Å². The van der Waals surface area contributed by atoms with Crippen LogP contribution in [-0.4, -0.2) is 45.6 Å². The Kier molecular flexibility index (Phi) is 5.43. The van der Waals surface area contributed by atoms with Gasteiger partial charge in [-0.25, -0.2) is 13.6 Å². The molecule has 0 bridgehead atoms. The SMILES string of the molecule is O=C(CN1C(=O)NC2(CCC(F)(F)CC2)C1=O)c1ccc(OCc2ccncc2)cc1. The Morgan fingerprint density at radius 2 is 1.68 bits per heavy atom. The van der Waals surface area contributed by atoms with E-state index in [4.69, 9.17) is 4.74 Å². The van der Waals surface area contributed by atoms with Crippen LogP contribution in [0.5, 0.6) is 5.75 Å². The molecule has 4 rings (SSSR count). The zero-order valence-corrected chi connectivity index (χ0v) is 16.6.